The minimum atomic E-state index is -0.230. The standard InChI is InChI=1S/C28H38O3/c1-4-22(27(30)31-28(5-2)17-9-10-18-28)20-25(24-11-7-6-8-12-24)19-21(3)23-13-15-26(29)16-14-23/h6-8,11-16,21-22,25,29H,4-5,9-10,17-20H2,1-3H3. The molecule has 0 heterocycles. The molecule has 1 aliphatic rings. The van der Waals surface area contributed by atoms with E-state index < -0.39 is 0 Å². The summed E-state index contributed by atoms with van der Waals surface area (Å²) in [5.41, 5.74) is 2.27. The van der Waals surface area contributed by atoms with Gasteiger partial charge in [-0.05, 0) is 86.5 Å². The lowest BCUT2D eigenvalue weighted by atomic mass is 9.80. The lowest BCUT2D eigenvalue weighted by Gasteiger charge is -2.31. The first-order valence-electron chi connectivity index (χ1n) is 12.0. The van der Waals surface area contributed by atoms with Gasteiger partial charge in [-0.15, -0.1) is 0 Å². The fourth-order valence-electron chi connectivity index (χ4n) is 5.08. The molecule has 0 saturated heterocycles. The van der Waals surface area contributed by atoms with E-state index in [2.05, 4.69) is 45.0 Å². The van der Waals surface area contributed by atoms with Gasteiger partial charge in [-0.3, -0.25) is 4.79 Å². The van der Waals surface area contributed by atoms with Gasteiger partial charge in [-0.25, -0.2) is 0 Å². The van der Waals surface area contributed by atoms with Gasteiger partial charge in [-0.2, -0.15) is 0 Å². The van der Waals surface area contributed by atoms with Gasteiger partial charge in [-0.1, -0.05) is 63.2 Å². The van der Waals surface area contributed by atoms with Crippen molar-refractivity contribution in [2.24, 2.45) is 5.92 Å². The van der Waals surface area contributed by atoms with E-state index in [1.54, 1.807) is 12.1 Å². The molecular formula is C28H38O3. The van der Waals surface area contributed by atoms with Crippen LogP contribution in [0.3, 0.4) is 0 Å². The predicted octanol–water partition coefficient (Wildman–Crippen LogP) is 7.35. The summed E-state index contributed by atoms with van der Waals surface area (Å²) in [4.78, 5) is 13.2. The summed E-state index contributed by atoms with van der Waals surface area (Å²) in [6.07, 6.45) is 7.81. The summed E-state index contributed by atoms with van der Waals surface area (Å²) in [6.45, 7) is 6.47. The summed E-state index contributed by atoms with van der Waals surface area (Å²) in [6, 6.07) is 18.1. The van der Waals surface area contributed by atoms with Crippen LogP contribution in [0.1, 0.15) is 95.1 Å². The zero-order valence-corrected chi connectivity index (χ0v) is 19.3. The van der Waals surface area contributed by atoms with Crippen molar-refractivity contribution in [1.29, 1.82) is 0 Å². The van der Waals surface area contributed by atoms with Gasteiger partial charge in [0.15, 0.2) is 0 Å². The first-order chi connectivity index (χ1) is 15.0. The van der Waals surface area contributed by atoms with Crippen LogP contribution in [0, 0.1) is 5.92 Å². The maximum absolute atomic E-state index is 13.2. The summed E-state index contributed by atoms with van der Waals surface area (Å²) in [5, 5.41) is 9.62. The Bertz CT molecular complexity index is 806. The SMILES string of the molecule is CCC(CC(CC(C)c1ccc(O)cc1)c1ccccc1)C(=O)OC1(CC)CCCC1. The second-order valence-electron chi connectivity index (χ2n) is 9.34. The number of hydrogen-bond donors (Lipinski definition) is 1. The van der Waals surface area contributed by atoms with Crippen molar-refractivity contribution >= 4 is 5.97 Å². The molecule has 0 aliphatic heterocycles. The van der Waals surface area contributed by atoms with Gasteiger partial charge in [0.05, 0.1) is 5.92 Å². The average Bonchev–Trinajstić information content (AvgIpc) is 3.26. The minimum absolute atomic E-state index is 0.00975. The average molecular weight is 423 g/mol. The first kappa shape index (κ1) is 23.4. The van der Waals surface area contributed by atoms with Gasteiger partial charge in [0, 0.05) is 0 Å². The molecular weight excluding hydrogens is 384 g/mol. The molecule has 0 aromatic heterocycles. The van der Waals surface area contributed by atoms with E-state index in [1.165, 1.54) is 11.1 Å². The number of phenolic OH excluding ortho intramolecular Hbond substituents is 1. The highest BCUT2D eigenvalue weighted by molar-refractivity contribution is 5.73. The van der Waals surface area contributed by atoms with Crippen molar-refractivity contribution in [3.05, 3.63) is 65.7 Å². The van der Waals surface area contributed by atoms with E-state index in [0.717, 1.165) is 51.4 Å². The third-order valence-electron chi connectivity index (χ3n) is 7.24. The fourth-order valence-corrected chi connectivity index (χ4v) is 5.08. The Morgan fingerprint density at radius 1 is 0.968 bits per heavy atom. The largest absolute Gasteiger partial charge is 0.508 e. The summed E-state index contributed by atoms with van der Waals surface area (Å²) in [5.74, 6) is 0.812. The van der Waals surface area contributed by atoms with Gasteiger partial charge in [0.25, 0.3) is 0 Å². The number of rotatable bonds is 10. The second kappa shape index (κ2) is 10.8. The van der Waals surface area contributed by atoms with E-state index >= 15 is 0 Å². The number of carbonyl (C=O) groups excluding carboxylic acids is 1. The highest BCUT2D eigenvalue weighted by Crippen LogP contribution is 2.39. The van der Waals surface area contributed by atoms with Gasteiger partial charge in [0.2, 0.25) is 0 Å². The molecule has 3 heteroatoms. The molecule has 3 atom stereocenters. The summed E-state index contributed by atoms with van der Waals surface area (Å²) >= 11 is 0. The highest BCUT2D eigenvalue weighted by atomic mass is 16.6. The van der Waals surface area contributed by atoms with E-state index in [1.807, 2.05) is 18.2 Å². The van der Waals surface area contributed by atoms with E-state index in [-0.39, 0.29) is 23.4 Å². The summed E-state index contributed by atoms with van der Waals surface area (Å²) < 4.78 is 6.17. The summed E-state index contributed by atoms with van der Waals surface area (Å²) in [7, 11) is 0. The molecule has 0 radical (unpaired) electrons. The molecule has 2 aromatic rings. The maximum Gasteiger partial charge on any atom is 0.309 e. The van der Waals surface area contributed by atoms with Crippen LogP contribution in [-0.4, -0.2) is 16.7 Å². The van der Waals surface area contributed by atoms with Crippen molar-refractivity contribution in [2.75, 3.05) is 0 Å². The third kappa shape index (κ3) is 6.12. The van der Waals surface area contributed by atoms with Gasteiger partial charge >= 0.3 is 5.97 Å². The van der Waals surface area contributed by atoms with E-state index in [9.17, 15) is 9.90 Å². The quantitative estimate of drug-likeness (QED) is 0.407. The smallest absolute Gasteiger partial charge is 0.309 e. The van der Waals surface area contributed by atoms with Crippen molar-refractivity contribution in [3.63, 3.8) is 0 Å². The number of phenols is 1. The molecule has 0 bridgehead atoms. The molecule has 3 unspecified atom stereocenters. The normalized spacial score (nSPS) is 18.3. The molecule has 1 fully saturated rings. The third-order valence-corrected chi connectivity index (χ3v) is 7.24. The van der Waals surface area contributed by atoms with Crippen LogP contribution in [0.25, 0.3) is 0 Å². The first-order valence-corrected chi connectivity index (χ1v) is 12.0. The van der Waals surface area contributed by atoms with Crippen molar-refractivity contribution in [3.8, 4) is 5.75 Å². The predicted molar refractivity (Wildman–Crippen MR) is 126 cm³/mol. The lowest BCUT2D eigenvalue weighted by molar-refractivity contribution is -0.165. The molecule has 1 aliphatic carbocycles. The molecule has 168 valence electrons. The fraction of sp³-hybridized carbons (Fsp3) is 0.536. The van der Waals surface area contributed by atoms with Crippen molar-refractivity contribution in [1.82, 2.24) is 0 Å². The maximum atomic E-state index is 13.2. The Balaban J connectivity index is 1.75. The lowest BCUT2D eigenvalue weighted by Crippen LogP contribution is -2.34. The molecule has 2 aromatic carbocycles. The number of benzene rings is 2. The molecule has 1 N–H and O–H groups in total. The van der Waals surface area contributed by atoms with E-state index in [0.29, 0.717) is 11.7 Å². The molecule has 3 rings (SSSR count). The Kier molecular flexibility index (Phi) is 8.17. The van der Waals surface area contributed by atoms with Crippen molar-refractivity contribution in [2.45, 2.75) is 89.6 Å². The zero-order valence-electron chi connectivity index (χ0n) is 19.3. The highest BCUT2D eigenvalue weighted by Gasteiger charge is 2.38. The molecule has 3 nitrogen and oxygen atoms in total. The van der Waals surface area contributed by atoms with Gasteiger partial charge < -0.3 is 9.84 Å². The Morgan fingerprint density at radius 2 is 1.61 bits per heavy atom. The Hall–Kier alpha value is -2.29. The molecule has 31 heavy (non-hydrogen) atoms. The number of carbonyl (C=O) groups is 1. The number of hydrogen-bond acceptors (Lipinski definition) is 3. The molecule has 0 amide bonds. The van der Waals surface area contributed by atoms with Crippen LogP contribution in [0.15, 0.2) is 54.6 Å². The number of esters is 1. The Labute approximate surface area is 187 Å². The topological polar surface area (TPSA) is 46.5 Å². The van der Waals surface area contributed by atoms with Crippen LogP contribution in [0.2, 0.25) is 0 Å². The number of aromatic hydroxyl groups is 1. The van der Waals surface area contributed by atoms with E-state index in [4.69, 9.17) is 4.74 Å². The van der Waals surface area contributed by atoms with Crippen LogP contribution in [0.4, 0.5) is 0 Å². The van der Waals surface area contributed by atoms with Crippen LogP contribution in [-0.2, 0) is 9.53 Å². The number of ether oxygens (including phenoxy) is 1. The molecule has 0 spiro atoms. The van der Waals surface area contributed by atoms with Gasteiger partial charge in [0.1, 0.15) is 11.4 Å². The van der Waals surface area contributed by atoms with Crippen LogP contribution in [0.5, 0.6) is 5.75 Å². The van der Waals surface area contributed by atoms with Crippen LogP contribution < -0.4 is 0 Å². The minimum Gasteiger partial charge on any atom is -0.508 e. The van der Waals surface area contributed by atoms with Crippen LogP contribution >= 0.6 is 0 Å². The zero-order chi connectivity index (χ0) is 22.3. The molecule has 1 saturated carbocycles. The Morgan fingerprint density at radius 3 is 2.19 bits per heavy atom. The second-order valence-corrected chi connectivity index (χ2v) is 9.34. The van der Waals surface area contributed by atoms with Crippen molar-refractivity contribution < 1.29 is 14.6 Å². The monoisotopic (exact) mass is 422 g/mol.